The maximum atomic E-state index is 13.5. The fourth-order valence-corrected chi connectivity index (χ4v) is 4.95. The quantitative estimate of drug-likeness (QED) is 0.271. The zero-order chi connectivity index (χ0) is 31.6. The normalized spacial score (nSPS) is 29.6. The number of hydrogen-bond donors (Lipinski definition) is 4. The number of carbonyl (C=O) groups excluding carboxylic acids is 4. The van der Waals surface area contributed by atoms with Crippen molar-refractivity contribution in [3.8, 4) is 0 Å². The van der Waals surface area contributed by atoms with Crippen LogP contribution in [0.1, 0.15) is 40.5 Å². The van der Waals surface area contributed by atoms with E-state index in [-0.39, 0.29) is 41.4 Å². The number of allylic oxidation sites excluding steroid dienone is 4. The number of carbonyl (C=O) groups is 4. The SMILES string of the molecule is C=CCNC1=C2C[C@@H](C)C[C@@H](OC)[C@H](O)[C@H](C)/C=C(\C)[C@@H](OC(N)=O)[C@@H](OC)C=CC=C(C)C(=O)NC(=CC1=O)C2=O. The van der Waals surface area contributed by atoms with E-state index in [1.165, 1.54) is 20.3 Å². The first-order chi connectivity index (χ1) is 19.8. The number of nitrogens with one attached hydrogen (secondary N) is 2. The lowest BCUT2D eigenvalue weighted by atomic mass is 9.85. The second kappa shape index (κ2) is 16.0. The van der Waals surface area contributed by atoms with E-state index in [1.54, 1.807) is 45.1 Å². The van der Waals surface area contributed by atoms with E-state index in [0.29, 0.717) is 12.0 Å². The van der Waals surface area contributed by atoms with Crippen LogP contribution in [-0.4, -0.2) is 73.9 Å². The summed E-state index contributed by atoms with van der Waals surface area (Å²) >= 11 is 0. The first-order valence-corrected chi connectivity index (χ1v) is 13.8. The molecule has 2 amide bonds. The molecule has 6 atom stereocenters. The zero-order valence-electron chi connectivity index (χ0n) is 25.1. The average Bonchev–Trinajstić information content (AvgIpc) is 2.94. The first-order valence-electron chi connectivity index (χ1n) is 13.8. The molecule has 11 heteroatoms. The first kappa shape index (κ1) is 34.4. The number of Topliss-reactive ketones (excluding diaryl/α,β-unsaturated/α-hetero) is 1. The molecule has 230 valence electrons. The van der Waals surface area contributed by atoms with E-state index >= 15 is 0 Å². The highest BCUT2D eigenvalue weighted by molar-refractivity contribution is 6.23. The lowest BCUT2D eigenvalue weighted by molar-refractivity contribution is -0.120. The van der Waals surface area contributed by atoms with Crippen molar-refractivity contribution in [3.63, 3.8) is 0 Å². The number of aliphatic hydroxyl groups is 1. The molecule has 2 rings (SSSR count). The standard InChI is InChI=1S/C31H43N3O8/c1-8-12-33-26-21-13-17(2)14-25(41-7)27(36)19(4)15-20(5)29(42-31(32)39)24(40-6)11-9-10-18(3)30(38)34-22(28(21)37)16-23(26)35/h8-11,15-17,19,24-25,27,29,33,36H,1,12-14H2,2-7H3,(H2,32,39)(H,34,38)/b11-9?,18-10?,20-15+/t17-,19-,24+,25-,27-,29-/m1/s1. The van der Waals surface area contributed by atoms with Crippen LogP contribution in [0.25, 0.3) is 0 Å². The van der Waals surface area contributed by atoms with Gasteiger partial charge in [0.2, 0.25) is 11.6 Å². The number of amides is 2. The van der Waals surface area contributed by atoms with Crippen LogP contribution >= 0.6 is 0 Å². The molecule has 0 spiro atoms. The average molecular weight is 586 g/mol. The molecule has 2 aliphatic rings. The molecular formula is C31H43N3O8. The Morgan fingerprint density at radius 2 is 1.90 bits per heavy atom. The van der Waals surface area contributed by atoms with Crippen molar-refractivity contribution in [1.82, 2.24) is 10.6 Å². The highest BCUT2D eigenvalue weighted by atomic mass is 16.6. The molecule has 0 aromatic carbocycles. The van der Waals surface area contributed by atoms with Crippen molar-refractivity contribution in [2.24, 2.45) is 17.6 Å². The van der Waals surface area contributed by atoms with Crippen molar-refractivity contribution in [1.29, 1.82) is 0 Å². The van der Waals surface area contributed by atoms with Crippen LogP contribution in [0.2, 0.25) is 0 Å². The smallest absolute Gasteiger partial charge is 0.405 e. The summed E-state index contributed by atoms with van der Waals surface area (Å²) in [6.07, 6.45) is 5.34. The third-order valence-electron chi connectivity index (χ3n) is 7.22. The number of nitrogens with two attached hydrogens (primary N) is 1. The Balaban J connectivity index is 2.62. The van der Waals surface area contributed by atoms with Crippen molar-refractivity contribution in [2.45, 2.75) is 65.0 Å². The number of rotatable bonds is 6. The molecule has 0 fully saturated rings. The van der Waals surface area contributed by atoms with Gasteiger partial charge in [0.15, 0.2) is 6.10 Å². The Morgan fingerprint density at radius 3 is 2.50 bits per heavy atom. The van der Waals surface area contributed by atoms with E-state index in [4.69, 9.17) is 19.9 Å². The number of methoxy groups -OCH3 is 2. The molecule has 2 bridgehead atoms. The Morgan fingerprint density at radius 1 is 1.21 bits per heavy atom. The van der Waals surface area contributed by atoms with Crippen molar-refractivity contribution < 1.29 is 38.5 Å². The second-order valence-electron chi connectivity index (χ2n) is 10.6. The van der Waals surface area contributed by atoms with E-state index in [9.17, 15) is 24.3 Å². The van der Waals surface area contributed by atoms with Gasteiger partial charge in [-0.25, -0.2) is 4.79 Å². The lowest BCUT2D eigenvalue weighted by Crippen LogP contribution is -2.37. The van der Waals surface area contributed by atoms with Gasteiger partial charge in [0, 0.05) is 43.9 Å². The predicted molar refractivity (Wildman–Crippen MR) is 158 cm³/mol. The number of ether oxygens (including phenoxy) is 3. The summed E-state index contributed by atoms with van der Waals surface area (Å²) in [7, 11) is 2.92. The molecular weight excluding hydrogens is 542 g/mol. The van der Waals surface area contributed by atoms with E-state index < -0.39 is 53.9 Å². The molecule has 0 unspecified atom stereocenters. The molecule has 0 saturated carbocycles. The number of ketones is 2. The van der Waals surface area contributed by atoms with Crippen LogP contribution in [0, 0.1) is 11.8 Å². The summed E-state index contributed by atoms with van der Waals surface area (Å²) in [5.74, 6) is -2.14. The van der Waals surface area contributed by atoms with Gasteiger partial charge in [-0.1, -0.05) is 44.2 Å². The van der Waals surface area contributed by atoms with Crippen LogP contribution in [0.5, 0.6) is 0 Å². The van der Waals surface area contributed by atoms with Gasteiger partial charge in [-0.2, -0.15) is 0 Å². The van der Waals surface area contributed by atoms with Gasteiger partial charge in [0.05, 0.1) is 23.6 Å². The molecule has 0 aromatic rings. The van der Waals surface area contributed by atoms with Crippen molar-refractivity contribution in [2.75, 3.05) is 20.8 Å². The van der Waals surface area contributed by atoms with Crippen LogP contribution in [0.4, 0.5) is 4.79 Å². The molecule has 42 heavy (non-hydrogen) atoms. The third kappa shape index (κ3) is 9.10. The topological polar surface area (TPSA) is 166 Å². The fraction of sp³-hybridized carbons (Fsp3) is 0.484. The molecule has 1 aliphatic heterocycles. The Labute approximate surface area is 247 Å². The van der Waals surface area contributed by atoms with E-state index in [2.05, 4.69) is 17.2 Å². The second-order valence-corrected chi connectivity index (χ2v) is 10.6. The number of hydrogen-bond acceptors (Lipinski definition) is 9. The van der Waals surface area contributed by atoms with Crippen LogP contribution < -0.4 is 16.4 Å². The molecule has 5 N–H and O–H groups in total. The Kier molecular flexibility index (Phi) is 13.1. The van der Waals surface area contributed by atoms with Crippen LogP contribution in [0.15, 0.2) is 71.1 Å². The summed E-state index contributed by atoms with van der Waals surface area (Å²) in [5.41, 5.74) is 6.42. The van der Waals surface area contributed by atoms with Gasteiger partial charge in [0.25, 0.3) is 5.91 Å². The minimum Gasteiger partial charge on any atom is -0.439 e. The van der Waals surface area contributed by atoms with Crippen LogP contribution in [-0.2, 0) is 28.6 Å². The minimum absolute atomic E-state index is 0.132. The van der Waals surface area contributed by atoms with Crippen LogP contribution in [0.3, 0.4) is 0 Å². The van der Waals surface area contributed by atoms with Gasteiger partial charge >= 0.3 is 6.09 Å². The third-order valence-corrected chi connectivity index (χ3v) is 7.22. The maximum absolute atomic E-state index is 13.5. The summed E-state index contributed by atoms with van der Waals surface area (Å²) in [6.45, 7) is 10.9. The molecule has 1 aliphatic carbocycles. The summed E-state index contributed by atoms with van der Waals surface area (Å²) in [4.78, 5) is 51.3. The van der Waals surface area contributed by atoms with E-state index in [1.807, 2.05) is 6.92 Å². The summed E-state index contributed by atoms with van der Waals surface area (Å²) in [6, 6.07) is 0. The zero-order valence-corrected chi connectivity index (χ0v) is 25.1. The molecule has 1 heterocycles. The minimum atomic E-state index is -1.00. The molecule has 11 nitrogen and oxygen atoms in total. The van der Waals surface area contributed by atoms with Crippen molar-refractivity contribution in [3.05, 3.63) is 71.1 Å². The lowest BCUT2D eigenvalue weighted by Gasteiger charge is -2.30. The maximum Gasteiger partial charge on any atom is 0.405 e. The van der Waals surface area contributed by atoms with Gasteiger partial charge in [-0.3, -0.25) is 14.4 Å². The van der Waals surface area contributed by atoms with Gasteiger partial charge in [-0.05, 0) is 38.2 Å². The largest absolute Gasteiger partial charge is 0.439 e. The van der Waals surface area contributed by atoms with Crippen molar-refractivity contribution >= 4 is 23.6 Å². The van der Waals surface area contributed by atoms with Gasteiger partial charge in [-0.15, -0.1) is 6.58 Å². The summed E-state index contributed by atoms with van der Waals surface area (Å²) < 4.78 is 16.6. The number of primary amides is 1. The monoisotopic (exact) mass is 585 g/mol. The highest BCUT2D eigenvalue weighted by Gasteiger charge is 2.33. The highest BCUT2D eigenvalue weighted by Crippen LogP contribution is 2.28. The fourth-order valence-electron chi connectivity index (χ4n) is 4.95. The predicted octanol–water partition coefficient (Wildman–Crippen LogP) is 2.54. The summed E-state index contributed by atoms with van der Waals surface area (Å²) in [5, 5.41) is 16.7. The Bertz CT molecular complexity index is 1210. The Hall–Kier alpha value is -3.80. The van der Waals surface area contributed by atoms with Gasteiger partial charge < -0.3 is 35.7 Å². The number of aliphatic hydroxyl groups excluding tert-OH is 1. The molecule has 0 aromatic heterocycles. The molecule has 0 saturated heterocycles. The van der Waals surface area contributed by atoms with Gasteiger partial charge in [0.1, 0.15) is 6.10 Å². The molecule has 0 radical (unpaired) electrons. The number of fused-ring (bicyclic) bond motifs is 2. The van der Waals surface area contributed by atoms with E-state index in [0.717, 1.165) is 6.08 Å².